The van der Waals surface area contributed by atoms with Crippen LogP contribution in [-0.4, -0.2) is 23.3 Å². The molecule has 1 aliphatic rings. The minimum absolute atomic E-state index is 0.0742. The fourth-order valence-corrected chi connectivity index (χ4v) is 5.82. The van der Waals surface area contributed by atoms with Crippen LogP contribution in [0.5, 0.6) is 0 Å². The minimum Gasteiger partial charge on any atom is -0.461 e. The second-order valence-electron chi connectivity index (χ2n) is 10.6. The molecule has 1 amide bonds. The van der Waals surface area contributed by atoms with Crippen LogP contribution in [0.2, 0.25) is 0 Å². The molecule has 0 bridgehead atoms. The number of carbonyl (C=O) groups excluding carboxylic acids is 2. The summed E-state index contributed by atoms with van der Waals surface area (Å²) in [6.07, 6.45) is 3.70. The van der Waals surface area contributed by atoms with E-state index in [0.29, 0.717) is 12.0 Å². The molecular formula is C34H36N2O3. The first-order valence-electron chi connectivity index (χ1n) is 13.8. The van der Waals surface area contributed by atoms with Crippen molar-refractivity contribution in [2.45, 2.75) is 51.8 Å². The molecule has 0 saturated carbocycles. The molecule has 1 aliphatic heterocycles. The number of hydrogen-bond acceptors (Lipinski definition) is 4. The van der Waals surface area contributed by atoms with E-state index in [1.54, 1.807) is 0 Å². The number of fused-ring (bicyclic) bond motifs is 1. The van der Waals surface area contributed by atoms with Crippen molar-refractivity contribution in [2.75, 3.05) is 6.54 Å². The third-order valence-electron chi connectivity index (χ3n) is 7.76. The molecule has 0 aliphatic carbocycles. The second-order valence-corrected chi connectivity index (χ2v) is 10.6. The Labute approximate surface area is 230 Å². The number of rotatable bonds is 9. The number of nitrogens with two attached hydrogens (primary N) is 1. The number of ether oxygens (including phenoxy) is 1. The zero-order valence-corrected chi connectivity index (χ0v) is 22.5. The molecule has 0 aromatic heterocycles. The van der Waals surface area contributed by atoms with E-state index in [-0.39, 0.29) is 24.5 Å². The normalized spacial score (nSPS) is 16.6. The predicted octanol–water partition coefficient (Wildman–Crippen LogP) is 6.59. The SMILES string of the molecule is C[C@H](Cc1cc(C2CCCCN2Cc2ccccc2)c(C(N)=O)c2ccccc12)C(=O)OCc1ccccc1. The second kappa shape index (κ2) is 12.3. The lowest BCUT2D eigenvalue weighted by Gasteiger charge is -2.37. The van der Waals surface area contributed by atoms with E-state index < -0.39 is 5.91 Å². The Hall–Kier alpha value is -3.96. The summed E-state index contributed by atoms with van der Waals surface area (Å²) in [5.41, 5.74) is 10.9. The molecule has 1 saturated heterocycles. The third kappa shape index (κ3) is 6.21. The Balaban J connectivity index is 1.48. The van der Waals surface area contributed by atoms with Crippen LogP contribution in [0.25, 0.3) is 10.8 Å². The van der Waals surface area contributed by atoms with Crippen molar-refractivity contribution in [3.63, 3.8) is 0 Å². The highest BCUT2D eigenvalue weighted by molar-refractivity contribution is 6.08. The van der Waals surface area contributed by atoms with Gasteiger partial charge >= 0.3 is 5.97 Å². The maximum absolute atomic E-state index is 13.0. The Bertz CT molecular complexity index is 1440. The zero-order chi connectivity index (χ0) is 27.2. The van der Waals surface area contributed by atoms with Crippen LogP contribution in [0, 0.1) is 5.92 Å². The Morgan fingerprint density at radius 3 is 2.23 bits per heavy atom. The fraction of sp³-hybridized carbons (Fsp3) is 0.294. The average Bonchev–Trinajstić information content (AvgIpc) is 2.97. The molecule has 5 heteroatoms. The smallest absolute Gasteiger partial charge is 0.309 e. The first-order chi connectivity index (χ1) is 19.0. The number of amides is 1. The molecule has 1 unspecified atom stereocenters. The topological polar surface area (TPSA) is 72.6 Å². The highest BCUT2D eigenvalue weighted by Gasteiger charge is 2.30. The van der Waals surface area contributed by atoms with Gasteiger partial charge in [-0.3, -0.25) is 14.5 Å². The number of likely N-dealkylation sites (tertiary alicyclic amines) is 1. The van der Waals surface area contributed by atoms with Gasteiger partial charge in [-0.15, -0.1) is 0 Å². The Morgan fingerprint density at radius 1 is 0.897 bits per heavy atom. The molecule has 4 aromatic rings. The van der Waals surface area contributed by atoms with Gasteiger partial charge in [0.2, 0.25) is 5.91 Å². The predicted molar refractivity (Wildman–Crippen MR) is 155 cm³/mol. The van der Waals surface area contributed by atoms with E-state index >= 15 is 0 Å². The minimum atomic E-state index is -0.409. The van der Waals surface area contributed by atoms with Crippen LogP contribution in [0.4, 0.5) is 0 Å². The first-order valence-corrected chi connectivity index (χ1v) is 13.8. The molecular weight excluding hydrogens is 484 g/mol. The van der Waals surface area contributed by atoms with E-state index in [1.807, 2.05) is 67.6 Å². The van der Waals surface area contributed by atoms with Gasteiger partial charge in [0, 0.05) is 12.6 Å². The summed E-state index contributed by atoms with van der Waals surface area (Å²) in [6, 6.07) is 30.3. The van der Waals surface area contributed by atoms with Crippen molar-refractivity contribution in [2.24, 2.45) is 11.7 Å². The van der Waals surface area contributed by atoms with Crippen LogP contribution in [0.3, 0.4) is 0 Å². The van der Waals surface area contributed by atoms with E-state index in [4.69, 9.17) is 10.5 Å². The standard InChI is InChI=1S/C34H36N2O3/c1-24(34(38)39-23-26-14-6-3-7-15-26)20-27-21-30(32(33(35)37)29-17-9-8-16-28(27)29)31-18-10-11-19-36(31)22-25-12-4-2-5-13-25/h2-9,12-17,21,24,31H,10-11,18-20,22-23H2,1H3,(H2,35,37)/t24-,31?/m1/s1. The summed E-state index contributed by atoms with van der Waals surface area (Å²) in [5.74, 6) is -0.976. The summed E-state index contributed by atoms with van der Waals surface area (Å²) >= 11 is 0. The maximum Gasteiger partial charge on any atom is 0.309 e. The van der Waals surface area contributed by atoms with E-state index in [0.717, 1.165) is 59.8 Å². The van der Waals surface area contributed by atoms with Gasteiger partial charge in [0.15, 0.2) is 0 Å². The Morgan fingerprint density at radius 2 is 1.54 bits per heavy atom. The molecule has 4 aromatic carbocycles. The van der Waals surface area contributed by atoms with Gasteiger partial charge in [-0.05, 0) is 58.8 Å². The molecule has 0 radical (unpaired) electrons. The van der Waals surface area contributed by atoms with Crippen LogP contribution >= 0.6 is 0 Å². The summed E-state index contributed by atoms with van der Waals surface area (Å²) in [4.78, 5) is 28.4. The molecule has 5 rings (SSSR count). The van der Waals surface area contributed by atoms with Crippen molar-refractivity contribution in [3.05, 3.63) is 119 Å². The number of carbonyl (C=O) groups is 2. The van der Waals surface area contributed by atoms with Crippen molar-refractivity contribution in [3.8, 4) is 0 Å². The summed E-state index contributed by atoms with van der Waals surface area (Å²) < 4.78 is 5.64. The number of hydrogen-bond donors (Lipinski definition) is 1. The molecule has 2 N–H and O–H groups in total. The first kappa shape index (κ1) is 26.6. The number of primary amides is 1. The Kier molecular flexibility index (Phi) is 8.38. The lowest BCUT2D eigenvalue weighted by atomic mass is 9.84. The monoisotopic (exact) mass is 520 g/mol. The quantitative estimate of drug-likeness (QED) is 0.253. The van der Waals surface area contributed by atoms with Crippen molar-refractivity contribution in [1.82, 2.24) is 4.90 Å². The van der Waals surface area contributed by atoms with Crippen molar-refractivity contribution >= 4 is 22.6 Å². The van der Waals surface area contributed by atoms with Gasteiger partial charge in [0.25, 0.3) is 0 Å². The van der Waals surface area contributed by atoms with Gasteiger partial charge in [-0.25, -0.2) is 0 Å². The number of piperidine rings is 1. The van der Waals surface area contributed by atoms with Gasteiger partial charge in [0.05, 0.1) is 11.5 Å². The largest absolute Gasteiger partial charge is 0.461 e. The molecule has 39 heavy (non-hydrogen) atoms. The molecule has 5 nitrogen and oxygen atoms in total. The molecule has 2 atom stereocenters. The van der Waals surface area contributed by atoms with Gasteiger partial charge in [-0.2, -0.15) is 0 Å². The van der Waals surface area contributed by atoms with Gasteiger partial charge < -0.3 is 10.5 Å². The van der Waals surface area contributed by atoms with Crippen LogP contribution in [0.15, 0.2) is 91.0 Å². The van der Waals surface area contributed by atoms with Crippen molar-refractivity contribution < 1.29 is 14.3 Å². The zero-order valence-electron chi connectivity index (χ0n) is 22.5. The molecule has 1 fully saturated rings. The summed E-state index contributed by atoms with van der Waals surface area (Å²) in [7, 11) is 0. The van der Waals surface area contributed by atoms with Crippen LogP contribution in [-0.2, 0) is 29.1 Å². The van der Waals surface area contributed by atoms with Crippen LogP contribution in [0.1, 0.15) is 64.8 Å². The highest BCUT2D eigenvalue weighted by Crippen LogP contribution is 2.38. The molecule has 200 valence electrons. The summed E-state index contributed by atoms with van der Waals surface area (Å²) in [5, 5.41) is 1.82. The highest BCUT2D eigenvalue weighted by atomic mass is 16.5. The third-order valence-corrected chi connectivity index (χ3v) is 7.76. The molecule has 0 spiro atoms. The number of nitrogens with zero attached hydrogens (tertiary/aromatic N) is 1. The molecule has 1 heterocycles. The average molecular weight is 521 g/mol. The lowest BCUT2D eigenvalue weighted by molar-refractivity contribution is -0.149. The van der Waals surface area contributed by atoms with E-state index in [9.17, 15) is 9.59 Å². The van der Waals surface area contributed by atoms with E-state index in [2.05, 4.69) is 35.2 Å². The van der Waals surface area contributed by atoms with Crippen molar-refractivity contribution in [1.29, 1.82) is 0 Å². The van der Waals surface area contributed by atoms with E-state index in [1.165, 1.54) is 5.56 Å². The number of benzene rings is 4. The van der Waals surface area contributed by atoms with Gasteiger partial charge in [0.1, 0.15) is 6.61 Å². The maximum atomic E-state index is 13.0. The van der Waals surface area contributed by atoms with Gasteiger partial charge in [-0.1, -0.05) is 104 Å². The number of esters is 1. The summed E-state index contributed by atoms with van der Waals surface area (Å²) in [6.45, 7) is 3.94. The van der Waals surface area contributed by atoms with Crippen LogP contribution < -0.4 is 5.73 Å². The lowest BCUT2D eigenvalue weighted by Crippen LogP contribution is -2.34. The fourth-order valence-electron chi connectivity index (χ4n) is 5.82.